The van der Waals surface area contributed by atoms with E-state index in [1.165, 1.54) is 13.2 Å². The summed E-state index contributed by atoms with van der Waals surface area (Å²) in [5, 5.41) is 9.82. The summed E-state index contributed by atoms with van der Waals surface area (Å²) in [6.45, 7) is 4.53. The van der Waals surface area contributed by atoms with Gasteiger partial charge in [0.2, 0.25) is 0 Å². The molecule has 26 heavy (non-hydrogen) atoms. The molecule has 0 spiro atoms. The molecule has 2 aromatic carbocycles. The fourth-order valence-electron chi connectivity index (χ4n) is 2.53. The van der Waals surface area contributed by atoms with Crippen molar-refractivity contribution < 1.29 is 24.1 Å². The van der Waals surface area contributed by atoms with E-state index in [2.05, 4.69) is 0 Å². The van der Waals surface area contributed by atoms with Crippen LogP contribution >= 0.6 is 0 Å². The first-order chi connectivity index (χ1) is 12.5. The first kappa shape index (κ1) is 19.5. The molecule has 0 aliphatic carbocycles. The molecule has 0 fully saturated rings. The maximum Gasteiger partial charge on any atom is 0.185 e. The van der Waals surface area contributed by atoms with Crippen LogP contribution in [-0.2, 0) is 4.74 Å². The van der Waals surface area contributed by atoms with Crippen LogP contribution in [0.2, 0.25) is 0 Å². The number of ketones is 1. The Morgan fingerprint density at radius 1 is 1.04 bits per heavy atom. The molecule has 2 rings (SSSR count). The third-order valence-electron chi connectivity index (χ3n) is 3.93. The lowest BCUT2D eigenvalue weighted by molar-refractivity contribution is 0.104. The largest absolute Gasteiger partial charge is 0.507 e. The molecule has 0 heterocycles. The number of allylic oxidation sites excluding steroid dienone is 1. The number of carbonyl (C=O) groups is 1. The van der Waals surface area contributed by atoms with Crippen LogP contribution in [0.1, 0.15) is 27.0 Å². The Kier molecular flexibility index (Phi) is 6.81. The number of hydrogen-bond acceptors (Lipinski definition) is 5. The van der Waals surface area contributed by atoms with Crippen LogP contribution in [0.4, 0.5) is 0 Å². The summed E-state index contributed by atoms with van der Waals surface area (Å²) in [6, 6.07) is 8.73. The highest BCUT2D eigenvalue weighted by atomic mass is 16.5. The predicted molar refractivity (Wildman–Crippen MR) is 101 cm³/mol. The Balaban J connectivity index is 2.16. The highest BCUT2D eigenvalue weighted by Crippen LogP contribution is 2.28. The van der Waals surface area contributed by atoms with Gasteiger partial charge in [0.1, 0.15) is 12.4 Å². The summed E-state index contributed by atoms with van der Waals surface area (Å²) < 4.78 is 15.8. The number of ether oxygens (including phenoxy) is 3. The molecule has 0 amide bonds. The summed E-state index contributed by atoms with van der Waals surface area (Å²) in [6.07, 6.45) is 3.24. The van der Waals surface area contributed by atoms with E-state index in [-0.39, 0.29) is 11.5 Å². The normalized spacial score (nSPS) is 10.9. The first-order valence-electron chi connectivity index (χ1n) is 8.28. The zero-order valence-corrected chi connectivity index (χ0v) is 15.5. The number of hydrogen-bond donors (Lipinski definition) is 1. The van der Waals surface area contributed by atoms with Crippen molar-refractivity contribution in [1.82, 2.24) is 0 Å². The average molecular weight is 356 g/mol. The summed E-state index contributed by atoms with van der Waals surface area (Å²) in [5.74, 6) is 1.20. The summed E-state index contributed by atoms with van der Waals surface area (Å²) in [7, 11) is 3.14. The van der Waals surface area contributed by atoms with Crippen LogP contribution in [0.3, 0.4) is 0 Å². The molecule has 0 aromatic heterocycles. The van der Waals surface area contributed by atoms with Crippen LogP contribution < -0.4 is 9.47 Å². The quantitative estimate of drug-likeness (QED) is 0.441. The number of phenols is 1. The molecule has 0 bridgehead atoms. The van der Waals surface area contributed by atoms with Gasteiger partial charge in [0, 0.05) is 12.7 Å². The monoisotopic (exact) mass is 356 g/mol. The molecule has 2 aromatic rings. The van der Waals surface area contributed by atoms with E-state index in [0.717, 1.165) is 16.7 Å². The van der Waals surface area contributed by atoms with E-state index in [0.29, 0.717) is 30.3 Å². The molecule has 0 radical (unpaired) electrons. The Bertz CT molecular complexity index is 785. The summed E-state index contributed by atoms with van der Waals surface area (Å²) in [5.41, 5.74) is 2.91. The molecule has 0 atom stereocenters. The van der Waals surface area contributed by atoms with Gasteiger partial charge >= 0.3 is 0 Å². The Hall–Kier alpha value is -2.79. The van der Waals surface area contributed by atoms with Gasteiger partial charge in [-0.3, -0.25) is 4.79 Å². The highest BCUT2D eigenvalue weighted by molar-refractivity contribution is 6.07. The predicted octanol–water partition coefficient (Wildman–Crippen LogP) is 3.94. The van der Waals surface area contributed by atoms with Crippen molar-refractivity contribution in [3.05, 3.63) is 58.7 Å². The molecule has 5 nitrogen and oxygen atoms in total. The third-order valence-corrected chi connectivity index (χ3v) is 3.93. The van der Waals surface area contributed by atoms with Crippen molar-refractivity contribution in [2.75, 3.05) is 27.4 Å². The van der Waals surface area contributed by atoms with Gasteiger partial charge in [-0.25, -0.2) is 0 Å². The first-order valence-corrected chi connectivity index (χ1v) is 8.28. The Morgan fingerprint density at radius 3 is 2.35 bits per heavy atom. The minimum absolute atomic E-state index is 0.143. The Labute approximate surface area is 153 Å². The van der Waals surface area contributed by atoms with Crippen molar-refractivity contribution in [2.45, 2.75) is 13.8 Å². The van der Waals surface area contributed by atoms with Crippen LogP contribution in [-0.4, -0.2) is 38.3 Å². The standard InChI is InChI=1S/C21H24O5/c1-14-11-16(12-15(2)21(14)23)5-7-18(22)17-6-8-19(20(13-17)25-4)26-10-9-24-3/h5-8,11-13,23H,9-10H2,1-4H3/b7-5+. The topological polar surface area (TPSA) is 65.0 Å². The number of rotatable bonds is 8. The van der Waals surface area contributed by atoms with E-state index >= 15 is 0 Å². The van der Waals surface area contributed by atoms with E-state index in [4.69, 9.17) is 14.2 Å². The van der Waals surface area contributed by atoms with Gasteiger partial charge in [0.25, 0.3) is 0 Å². The van der Waals surface area contributed by atoms with Gasteiger partial charge in [-0.05, 0) is 66.9 Å². The van der Waals surface area contributed by atoms with E-state index in [9.17, 15) is 9.90 Å². The van der Waals surface area contributed by atoms with Gasteiger partial charge in [0.15, 0.2) is 17.3 Å². The molecule has 1 N–H and O–H groups in total. The van der Waals surface area contributed by atoms with E-state index in [1.807, 2.05) is 26.0 Å². The van der Waals surface area contributed by atoms with E-state index in [1.54, 1.807) is 31.4 Å². The number of methoxy groups -OCH3 is 2. The van der Waals surface area contributed by atoms with Crippen LogP contribution in [0.15, 0.2) is 36.4 Å². The number of carbonyl (C=O) groups excluding carboxylic acids is 1. The van der Waals surface area contributed by atoms with Gasteiger partial charge in [-0.1, -0.05) is 6.08 Å². The number of phenolic OH excluding ortho intramolecular Hbond substituents is 1. The van der Waals surface area contributed by atoms with Gasteiger partial charge < -0.3 is 19.3 Å². The zero-order chi connectivity index (χ0) is 19.1. The molecule has 0 aliphatic heterocycles. The average Bonchev–Trinajstić information content (AvgIpc) is 2.64. The third kappa shape index (κ3) is 4.86. The maximum absolute atomic E-state index is 12.4. The molecule has 138 valence electrons. The fourth-order valence-corrected chi connectivity index (χ4v) is 2.53. The lowest BCUT2D eigenvalue weighted by atomic mass is 10.0. The molecule has 0 unspecified atom stereocenters. The molecule has 0 saturated carbocycles. The van der Waals surface area contributed by atoms with Crippen molar-refractivity contribution in [1.29, 1.82) is 0 Å². The second-order valence-corrected chi connectivity index (χ2v) is 5.91. The van der Waals surface area contributed by atoms with Crippen LogP contribution in [0, 0.1) is 13.8 Å². The fraction of sp³-hybridized carbons (Fsp3) is 0.286. The van der Waals surface area contributed by atoms with E-state index < -0.39 is 0 Å². The van der Waals surface area contributed by atoms with Crippen molar-refractivity contribution >= 4 is 11.9 Å². The molecular formula is C21H24O5. The van der Waals surface area contributed by atoms with Gasteiger partial charge in [-0.2, -0.15) is 0 Å². The zero-order valence-electron chi connectivity index (χ0n) is 15.5. The maximum atomic E-state index is 12.4. The molecule has 0 saturated heterocycles. The lowest BCUT2D eigenvalue weighted by Crippen LogP contribution is -2.06. The van der Waals surface area contributed by atoms with Gasteiger partial charge in [-0.15, -0.1) is 0 Å². The van der Waals surface area contributed by atoms with Crippen LogP contribution in [0.25, 0.3) is 6.08 Å². The smallest absolute Gasteiger partial charge is 0.185 e. The highest BCUT2D eigenvalue weighted by Gasteiger charge is 2.10. The van der Waals surface area contributed by atoms with Crippen molar-refractivity contribution in [2.24, 2.45) is 0 Å². The van der Waals surface area contributed by atoms with Crippen molar-refractivity contribution in [3.63, 3.8) is 0 Å². The molecular weight excluding hydrogens is 332 g/mol. The Morgan fingerprint density at radius 2 is 1.73 bits per heavy atom. The lowest BCUT2D eigenvalue weighted by Gasteiger charge is -2.11. The number of aryl methyl sites for hydroxylation is 2. The second-order valence-electron chi connectivity index (χ2n) is 5.91. The number of benzene rings is 2. The summed E-state index contributed by atoms with van der Waals surface area (Å²) >= 11 is 0. The SMILES string of the molecule is COCCOc1ccc(C(=O)/C=C/c2cc(C)c(O)c(C)c2)cc1OC. The minimum atomic E-state index is -0.143. The van der Waals surface area contributed by atoms with Crippen LogP contribution in [0.5, 0.6) is 17.2 Å². The summed E-state index contributed by atoms with van der Waals surface area (Å²) in [4.78, 5) is 12.4. The minimum Gasteiger partial charge on any atom is -0.507 e. The van der Waals surface area contributed by atoms with Crippen molar-refractivity contribution in [3.8, 4) is 17.2 Å². The molecule has 0 aliphatic rings. The second kappa shape index (κ2) is 9.06. The number of aromatic hydroxyl groups is 1. The van der Waals surface area contributed by atoms with Gasteiger partial charge in [0.05, 0.1) is 13.7 Å². The molecule has 5 heteroatoms.